The zero-order valence-electron chi connectivity index (χ0n) is 6.84. The second-order valence-corrected chi connectivity index (χ2v) is 2.70. The van der Waals surface area contributed by atoms with Gasteiger partial charge in [-0.25, -0.2) is 4.98 Å². The number of fused-ring (bicyclic) bond motifs is 1. The molecule has 0 atom stereocenters. The highest BCUT2D eigenvalue weighted by atomic mass is 16.3. The van der Waals surface area contributed by atoms with Gasteiger partial charge in [-0.1, -0.05) is 0 Å². The lowest BCUT2D eigenvalue weighted by atomic mass is 10.3. The predicted molar refractivity (Wildman–Crippen MR) is 47.4 cm³/mol. The first-order valence-corrected chi connectivity index (χ1v) is 3.88. The number of aliphatic hydroxyl groups excluding tert-OH is 1. The number of nitrogens with zero attached hydrogens (tertiary/aromatic N) is 2. The van der Waals surface area contributed by atoms with E-state index in [1.807, 2.05) is 0 Å². The van der Waals surface area contributed by atoms with E-state index in [1.54, 1.807) is 18.3 Å². The van der Waals surface area contributed by atoms with E-state index in [1.165, 1.54) is 16.7 Å². The first-order valence-electron chi connectivity index (χ1n) is 3.88. The molecule has 0 bridgehead atoms. The molecule has 2 aromatic heterocycles. The van der Waals surface area contributed by atoms with Crippen molar-refractivity contribution in [2.75, 3.05) is 0 Å². The van der Waals surface area contributed by atoms with Crippen molar-refractivity contribution in [2.24, 2.45) is 0 Å². The molecular weight excluding hydrogens is 168 g/mol. The topological polar surface area (TPSA) is 54.6 Å². The Kier molecular flexibility index (Phi) is 1.83. The third kappa shape index (κ3) is 1.31. The van der Waals surface area contributed by atoms with Crippen molar-refractivity contribution in [1.29, 1.82) is 0 Å². The second-order valence-electron chi connectivity index (χ2n) is 2.70. The van der Waals surface area contributed by atoms with E-state index in [0.717, 1.165) is 5.56 Å². The largest absolute Gasteiger partial charge is 0.392 e. The van der Waals surface area contributed by atoms with Gasteiger partial charge < -0.3 is 5.11 Å². The molecule has 0 saturated heterocycles. The van der Waals surface area contributed by atoms with E-state index >= 15 is 0 Å². The minimum atomic E-state index is -0.116. The first-order chi connectivity index (χ1) is 6.31. The number of hydrogen-bond donors (Lipinski definition) is 1. The van der Waals surface area contributed by atoms with Crippen molar-refractivity contribution < 1.29 is 5.11 Å². The Morgan fingerprint density at radius 3 is 3.08 bits per heavy atom. The Balaban J connectivity index is 2.80. The maximum Gasteiger partial charge on any atom is 0.257 e. The standard InChI is InChI=1S/C9H8N2O2/c12-6-7-2-4-11-8(5-7)10-3-1-9(11)13/h1-5,12H,6H2. The molecule has 4 nitrogen and oxygen atoms in total. The van der Waals surface area contributed by atoms with Crippen LogP contribution >= 0.6 is 0 Å². The fourth-order valence-corrected chi connectivity index (χ4v) is 1.17. The number of hydrogen-bond acceptors (Lipinski definition) is 3. The minimum Gasteiger partial charge on any atom is -0.392 e. The van der Waals surface area contributed by atoms with Crippen molar-refractivity contribution in [1.82, 2.24) is 9.38 Å². The SMILES string of the molecule is O=c1ccnc2cc(CO)ccn12. The van der Waals surface area contributed by atoms with Crippen LogP contribution in [0.4, 0.5) is 0 Å². The first kappa shape index (κ1) is 7.94. The summed E-state index contributed by atoms with van der Waals surface area (Å²) in [5.74, 6) is 0. The fraction of sp³-hybridized carbons (Fsp3) is 0.111. The Labute approximate surface area is 74.1 Å². The van der Waals surface area contributed by atoms with Gasteiger partial charge in [-0.05, 0) is 17.7 Å². The van der Waals surface area contributed by atoms with E-state index in [0.29, 0.717) is 5.65 Å². The third-order valence-electron chi connectivity index (χ3n) is 1.84. The molecule has 0 aliphatic rings. The van der Waals surface area contributed by atoms with Crippen LogP contribution in [0, 0.1) is 0 Å². The minimum absolute atomic E-state index is 0.0404. The molecule has 1 N–H and O–H groups in total. The van der Waals surface area contributed by atoms with E-state index in [9.17, 15) is 4.79 Å². The molecule has 4 heteroatoms. The summed E-state index contributed by atoms with van der Waals surface area (Å²) in [6, 6.07) is 4.77. The predicted octanol–water partition coefficient (Wildman–Crippen LogP) is 0.187. The molecule has 0 unspecified atom stereocenters. The Hall–Kier alpha value is -1.68. The summed E-state index contributed by atoms with van der Waals surface area (Å²) in [7, 11) is 0. The van der Waals surface area contributed by atoms with Crippen molar-refractivity contribution in [3.05, 3.63) is 46.5 Å². The fourth-order valence-electron chi connectivity index (χ4n) is 1.17. The average Bonchev–Trinajstić information content (AvgIpc) is 2.18. The van der Waals surface area contributed by atoms with Crippen LogP contribution in [0.15, 0.2) is 35.4 Å². The number of aromatic nitrogens is 2. The highest BCUT2D eigenvalue weighted by Crippen LogP contribution is 2.01. The molecule has 0 amide bonds. The van der Waals surface area contributed by atoms with E-state index < -0.39 is 0 Å². The zero-order chi connectivity index (χ0) is 9.26. The molecule has 0 aromatic carbocycles. The third-order valence-corrected chi connectivity index (χ3v) is 1.84. The van der Waals surface area contributed by atoms with Crippen molar-refractivity contribution >= 4 is 5.65 Å². The van der Waals surface area contributed by atoms with Crippen LogP contribution in [0.1, 0.15) is 5.56 Å². The Morgan fingerprint density at radius 1 is 1.46 bits per heavy atom. The van der Waals surface area contributed by atoms with Gasteiger partial charge in [0.2, 0.25) is 0 Å². The van der Waals surface area contributed by atoms with Gasteiger partial charge in [0.15, 0.2) is 0 Å². The zero-order valence-corrected chi connectivity index (χ0v) is 6.84. The van der Waals surface area contributed by atoms with E-state index in [4.69, 9.17) is 5.11 Å². The highest BCUT2D eigenvalue weighted by molar-refractivity contribution is 5.40. The molecule has 2 heterocycles. The molecule has 2 rings (SSSR count). The molecule has 13 heavy (non-hydrogen) atoms. The summed E-state index contributed by atoms with van der Waals surface area (Å²) in [5.41, 5.74) is 1.19. The average molecular weight is 176 g/mol. The van der Waals surface area contributed by atoms with E-state index in [2.05, 4.69) is 4.98 Å². The lowest BCUT2D eigenvalue weighted by Gasteiger charge is -2.00. The molecule has 0 aliphatic carbocycles. The molecular formula is C9H8N2O2. The van der Waals surface area contributed by atoms with Gasteiger partial charge in [-0.3, -0.25) is 9.20 Å². The van der Waals surface area contributed by atoms with Gasteiger partial charge in [0.25, 0.3) is 5.56 Å². The monoisotopic (exact) mass is 176 g/mol. The van der Waals surface area contributed by atoms with Crippen LogP contribution in [0.3, 0.4) is 0 Å². The maximum absolute atomic E-state index is 11.2. The molecule has 0 fully saturated rings. The molecule has 0 spiro atoms. The number of rotatable bonds is 1. The van der Waals surface area contributed by atoms with Crippen LogP contribution in [0.5, 0.6) is 0 Å². The van der Waals surface area contributed by atoms with Gasteiger partial charge in [-0.15, -0.1) is 0 Å². The van der Waals surface area contributed by atoms with Gasteiger partial charge in [-0.2, -0.15) is 0 Å². The van der Waals surface area contributed by atoms with Gasteiger partial charge in [0, 0.05) is 18.5 Å². The second kappa shape index (κ2) is 2.99. The summed E-state index contributed by atoms with van der Waals surface area (Å²) in [4.78, 5) is 15.2. The number of aliphatic hydroxyl groups is 1. The lowest BCUT2D eigenvalue weighted by Crippen LogP contribution is -2.12. The lowest BCUT2D eigenvalue weighted by molar-refractivity contribution is 0.282. The van der Waals surface area contributed by atoms with Crippen molar-refractivity contribution in [2.45, 2.75) is 6.61 Å². The van der Waals surface area contributed by atoms with Gasteiger partial charge >= 0.3 is 0 Å². The maximum atomic E-state index is 11.2. The molecule has 2 aromatic rings. The van der Waals surface area contributed by atoms with Crippen molar-refractivity contribution in [3.8, 4) is 0 Å². The highest BCUT2D eigenvalue weighted by Gasteiger charge is 1.96. The Bertz CT molecular complexity index is 490. The van der Waals surface area contributed by atoms with Crippen molar-refractivity contribution in [3.63, 3.8) is 0 Å². The van der Waals surface area contributed by atoms with Crippen LogP contribution in [-0.4, -0.2) is 14.5 Å². The molecule has 0 radical (unpaired) electrons. The van der Waals surface area contributed by atoms with Gasteiger partial charge in [0.1, 0.15) is 5.65 Å². The summed E-state index contributed by atoms with van der Waals surface area (Å²) in [6.07, 6.45) is 3.06. The smallest absolute Gasteiger partial charge is 0.257 e. The van der Waals surface area contributed by atoms with E-state index in [-0.39, 0.29) is 12.2 Å². The summed E-state index contributed by atoms with van der Waals surface area (Å²) in [5, 5.41) is 8.85. The molecule has 0 saturated carbocycles. The van der Waals surface area contributed by atoms with Gasteiger partial charge in [0.05, 0.1) is 6.61 Å². The summed E-state index contributed by atoms with van der Waals surface area (Å²) < 4.78 is 1.43. The van der Waals surface area contributed by atoms with Crippen LogP contribution in [0.25, 0.3) is 5.65 Å². The quantitative estimate of drug-likeness (QED) is 0.674. The van der Waals surface area contributed by atoms with Crippen LogP contribution in [0.2, 0.25) is 0 Å². The van der Waals surface area contributed by atoms with Crippen LogP contribution in [-0.2, 0) is 6.61 Å². The molecule has 66 valence electrons. The number of pyridine rings is 1. The van der Waals surface area contributed by atoms with Crippen LogP contribution < -0.4 is 5.56 Å². The summed E-state index contributed by atoms with van der Waals surface area (Å²) >= 11 is 0. The summed E-state index contributed by atoms with van der Waals surface area (Å²) in [6.45, 7) is -0.0404. The normalized spacial score (nSPS) is 10.5. The molecule has 0 aliphatic heterocycles. The Morgan fingerprint density at radius 2 is 2.31 bits per heavy atom.